The Labute approximate surface area is 121 Å². The minimum absolute atomic E-state index is 0.0354. The Bertz CT molecular complexity index is 540. The molecule has 0 radical (unpaired) electrons. The summed E-state index contributed by atoms with van der Waals surface area (Å²) in [5.41, 5.74) is 0.143. The number of rotatable bonds is 6. The van der Waals surface area contributed by atoms with Crippen LogP contribution in [0.4, 0.5) is 5.69 Å². The molecule has 0 spiro atoms. The summed E-state index contributed by atoms with van der Waals surface area (Å²) in [5.74, 6) is -0.671. The Hall–Kier alpha value is -0.980. The van der Waals surface area contributed by atoms with Gasteiger partial charge in [0.1, 0.15) is 0 Å². The summed E-state index contributed by atoms with van der Waals surface area (Å²) in [6, 6.07) is 4.67. The van der Waals surface area contributed by atoms with Crippen LogP contribution in [-0.2, 0) is 19.6 Å². The summed E-state index contributed by atoms with van der Waals surface area (Å²) >= 11 is 11.7. The number of nitrogens with one attached hydrogen (secondary N) is 1. The molecule has 0 heterocycles. The second-order valence-electron chi connectivity index (χ2n) is 3.70. The van der Waals surface area contributed by atoms with E-state index in [2.05, 4.69) is 9.46 Å². The Morgan fingerprint density at radius 1 is 1.32 bits per heavy atom. The van der Waals surface area contributed by atoms with Gasteiger partial charge in [0.05, 0.1) is 28.6 Å². The predicted octanol–water partition coefficient (Wildman–Crippen LogP) is 2.69. The summed E-state index contributed by atoms with van der Waals surface area (Å²) in [4.78, 5) is 10.9. The van der Waals surface area contributed by atoms with Gasteiger partial charge in [0, 0.05) is 6.42 Å². The van der Waals surface area contributed by atoms with Crippen LogP contribution in [0.2, 0.25) is 10.0 Å². The first kappa shape index (κ1) is 16.1. The zero-order valence-corrected chi connectivity index (χ0v) is 12.5. The Balaban J connectivity index is 2.67. The highest BCUT2D eigenvalue weighted by atomic mass is 35.5. The maximum atomic E-state index is 11.8. The van der Waals surface area contributed by atoms with E-state index in [1.165, 1.54) is 19.2 Å². The second-order valence-corrected chi connectivity index (χ2v) is 6.35. The molecule has 1 N–H and O–H groups in total. The molecule has 1 rings (SSSR count). The Kier molecular flexibility index (Phi) is 5.90. The zero-order valence-electron chi connectivity index (χ0n) is 10.2. The number of methoxy groups -OCH3 is 1. The number of hydrogen-bond acceptors (Lipinski definition) is 4. The topological polar surface area (TPSA) is 72.5 Å². The number of esters is 1. The van der Waals surface area contributed by atoms with E-state index < -0.39 is 16.0 Å². The molecule has 0 aromatic heterocycles. The van der Waals surface area contributed by atoms with Gasteiger partial charge < -0.3 is 4.74 Å². The number of anilines is 1. The highest BCUT2D eigenvalue weighted by Crippen LogP contribution is 2.30. The highest BCUT2D eigenvalue weighted by Gasteiger charge is 2.15. The highest BCUT2D eigenvalue weighted by molar-refractivity contribution is 7.92. The quantitative estimate of drug-likeness (QED) is 0.816. The van der Waals surface area contributed by atoms with Crippen molar-refractivity contribution in [2.24, 2.45) is 0 Å². The van der Waals surface area contributed by atoms with Crippen molar-refractivity contribution in [1.29, 1.82) is 0 Å². The number of carbonyl (C=O) groups excluding carboxylic acids is 1. The molecule has 5 nitrogen and oxygen atoms in total. The minimum Gasteiger partial charge on any atom is -0.469 e. The molecule has 0 fully saturated rings. The van der Waals surface area contributed by atoms with Gasteiger partial charge in [0.2, 0.25) is 10.0 Å². The normalized spacial score (nSPS) is 11.1. The van der Waals surface area contributed by atoms with E-state index in [0.29, 0.717) is 0 Å². The van der Waals surface area contributed by atoms with Gasteiger partial charge in [0.15, 0.2) is 0 Å². The monoisotopic (exact) mass is 325 g/mol. The van der Waals surface area contributed by atoms with Crippen LogP contribution in [0.1, 0.15) is 12.8 Å². The van der Waals surface area contributed by atoms with Crippen LogP contribution in [0, 0.1) is 0 Å². The molecule has 0 aliphatic rings. The van der Waals surface area contributed by atoms with Crippen LogP contribution in [0.25, 0.3) is 0 Å². The van der Waals surface area contributed by atoms with Crippen LogP contribution >= 0.6 is 23.2 Å². The van der Waals surface area contributed by atoms with Crippen molar-refractivity contribution in [2.45, 2.75) is 12.8 Å². The molecular formula is C11H13Cl2NO4S. The van der Waals surface area contributed by atoms with Crippen LogP contribution in [0.3, 0.4) is 0 Å². The summed E-state index contributed by atoms with van der Waals surface area (Å²) in [6.07, 6.45) is 0.192. The van der Waals surface area contributed by atoms with Crippen molar-refractivity contribution in [1.82, 2.24) is 0 Å². The molecule has 0 amide bonds. The average Bonchev–Trinajstić information content (AvgIpc) is 2.33. The number of halogens is 2. The number of sulfonamides is 1. The second kappa shape index (κ2) is 6.98. The fraction of sp³-hybridized carbons (Fsp3) is 0.364. The minimum atomic E-state index is -3.61. The van der Waals surface area contributed by atoms with E-state index in [4.69, 9.17) is 23.2 Å². The van der Waals surface area contributed by atoms with Gasteiger partial charge >= 0.3 is 5.97 Å². The lowest BCUT2D eigenvalue weighted by atomic mass is 10.3. The number of ether oxygens (including phenoxy) is 1. The SMILES string of the molecule is COC(=O)CCCS(=O)(=O)Nc1c(Cl)cccc1Cl. The van der Waals surface area contributed by atoms with Crippen molar-refractivity contribution in [3.8, 4) is 0 Å². The van der Waals surface area contributed by atoms with Gasteiger partial charge in [-0.05, 0) is 18.6 Å². The van der Waals surface area contributed by atoms with Gasteiger partial charge in [-0.15, -0.1) is 0 Å². The van der Waals surface area contributed by atoms with E-state index >= 15 is 0 Å². The van der Waals surface area contributed by atoms with E-state index in [9.17, 15) is 13.2 Å². The number of para-hydroxylation sites is 1. The lowest BCUT2D eigenvalue weighted by Gasteiger charge is -2.10. The Morgan fingerprint density at radius 2 is 1.89 bits per heavy atom. The van der Waals surface area contributed by atoms with Gasteiger partial charge in [0.25, 0.3) is 0 Å². The van der Waals surface area contributed by atoms with Crippen LogP contribution in [0.5, 0.6) is 0 Å². The summed E-state index contributed by atoms with van der Waals surface area (Å²) < 4.78 is 30.3. The van der Waals surface area contributed by atoms with Gasteiger partial charge in [-0.25, -0.2) is 8.42 Å². The summed E-state index contributed by atoms with van der Waals surface area (Å²) in [5, 5.41) is 0.424. The third-order valence-electron chi connectivity index (χ3n) is 2.24. The van der Waals surface area contributed by atoms with Crippen LogP contribution in [-0.4, -0.2) is 27.2 Å². The summed E-state index contributed by atoms with van der Waals surface area (Å²) in [7, 11) is -2.36. The third kappa shape index (κ3) is 5.26. The van der Waals surface area contributed by atoms with Crippen molar-refractivity contribution in [3.05, 3.63) is 28.2 Å². The molecule has 0 saturated carbocycles. The first-order valence-electron chi connectivity index (χ1n) is 5.37. The van der Waals surface area contributed by atoms with Crippen molar-refractivity contribution in [2.75, 3.05) is 17.6 Å². The zero-order chi connectivity index (χ0) is 14.5. The lowest BCUT2D eigenvalue weighted by molar-refractivity contribution is -0.140. The first-order chi connectivity index (χ1) is 8.85. The molecule has 0 aliphatic carbocycles. The number of carbonyl (C=O) groups is 1. The molecular weight excluding hydrogens is 313 g/mol. The maximum absolute atomic E-state index is 11.8. The van der Waals surface area contributed by atoms with Gasteiger partial charge in [-0.2, -0.15) is 0 Å². The van der Waals surface area contributed by atoms with E-state index in [1.54, 1.807) is 6.07 Å². The molecule has 0 atom stereocenters. The molecule has 1 aromatic rings. The van der Waals surface area contributed by atoms with Gasteiger partial charge in [-0.1, -0.05) is 29.3 Å². The molecule has 1 aromatic carbocycles. The van der Waals surface area contributed by atoms with Crippen molar-refractivity contribution >= 4 is 44.9 Å². The molecule has 8 heteroatoms. The fourth-order valence-electron chi connectivity index (χ4n) is 1.31. The smallest absolute Gasteiger partial charge is 0.305 e. The molecule has 19 heavy (non-hydrogen) atoms. The van der Waals surface area contributed by atoms with Crippen molar-refractivity contribution in [3.63, 3.8) is 0 Å². The van der Waals surface area contributed by atoms with Crippen LogP contribution < -0.4 is 4.72 Å². The third-order valence-corrected chi connectivity index (χ3v) is 4.21. The van der Waals surface area contributed by atoms with E-state index in [1.807, 2.05) is 0 Å². The first-order valence-corrected chi connectivity index (χ1v) is 7.78. The Morgan fingerprint density at radius 3 is 2.42 bits per heavy atom. The standard InChI is InChI=1S/C11H13Cl2NO4S/c1-18-10(15)6-3-7-19(16,17)14-11-8(12)4-2-5-9(11)13/h2,4-5,14H,3,6-7H2,1H3. The molecule has 106 valence electrons. The van der Waals surface area contributed by atoms with E-state index in [0.717, 1.165) is 0 Å². The average molecular weight is 326 g/mol. The largest absolute Gasteiger partial charge is 0.469 e. The van der Waals surface area contributed by atoms with Crippen molar-refractivity contribution < 1.29 is 17.9 Å². The molecule has 0 bridgehead atoms. The summed E-state index contributed by atoms with van der Waals surface area (Å²) in [6.45, 7) is 0. The molecule has 0 aliphatic heterocycles. The fourth-order valence-corrected chi connectivity index (χ4v) is 3.07. The van der Waals surface area contributed by atoms with Gasteiger partial charge in [-0.3, -0.25) is 9.52 Å². The van der Waals surface area contributed by atoms with E-state index in [-0.39, 0.29) is 34.3 Å². The number of benzene rings is 1. The molecule has 0 unspecified atom stereocenters. The maximum Gasteiger partial charge on any atom is 0.305 e. The predicted molar refractivity (Wildman–Crippen MR) is 75.1 cm³/mol. The molecule has 0 saturated heterocycles. The lowest BCUT2D eigenvalue weighted by Crippen LogP contribution is -2.18. The number of hydrogen-bond donors (Lipinski definition) is 1. The van der Waals surface area contributed by atoms with Crippen LogP contribution in [0.15, 0.2) is 18.2 Å².